The number of nitrogens with one attached hydrogen (secondary N) is 1. The zero-order chi connectivity index (χ0) is 11.1. The number of aliphatic hydroxyl groups excluding tert-OH is 1. The first-order chi connectivity index (χ1) is 6.41. The van der Waals surface area contributed by atoms with Crippen molar-refractivity contribution in [1.82, 2.24) is 10.2 Å². The molecule has 0 aromatic carbocycles. The first-order valence-corrected chi connectivity index (χ1v) is 5.48. The summed E-state index contributed by atoms with van der Waals surface area (Å²) in [6.45, 7) is 8.01. The predicted octanol–water partition coefficient (Wildman–Crippen LogP) is 0.933. The van der Waals surface area contributed by atoms with Gasteiger partial charge in [-0.1, -0.05) is 13.8 Å². The summed E-state index contributed by atoms with van der Waals surface area (Å²) < 4.78 is 0. The molecule has 0 aromatic heterocycles. The van der Waals surface area contributed by atoms with Gasteiger partial charge in [-0.15, -0.1) is 0 Å². The number of rotatable bonds is 7. The van der Waals surface area contributed by atoms with Crippen LogP contribution in [0.15, 0.2) is 0 Å². The quantitative estimate of drug-likeness (QED) is 0.645. The zero-order valence-electron chi connectivity index (χ0n) is 10.2. The molecule has 14 heavy (non-hydrogen) atoms. The highest BCUT2D eigenvalue weighted by molar-refractivity contribution is 4.68. The first kappa shape index (κ1) is 13.9. The normalized spacial score (nSPS) is 16.3. The molecule has 0 rings (SSSR count). The molecule has 2 atom stereocenters. The van der Waals surface area contributed by atoms with E-state index in [4.69, 9.17) is 0 Å². The van der Waals surface area contributed by atoms with E-state index in [9.17, 15) is 5.11 Å². The van der Waals surface area contributed by atoms with Gasteiger partial charge in [0, 0.05) is 19.1 Å². The van der Waals surface area contributed by atoms with Gasteiger partial charge >= 0.3 is 0 Å². The van der Waals surface area contributed by atoms with E-state index in [1.807, 2.05) is 19.0 Å². The van der Waals surface area contributed by atoms with Crippen molar-refractivity contribution in [3.05, 3.63) is 0 Å². The van der Waals surface area contributed by atoms with Crippen LogP contribution in [-0.2, 0) is 0 Å². The maximum atomic E-state index is 9.60. The van der Waals surface area contributed by atoms with Crippen LogP contribution in [0.25, 0.3) is 0 Å². The molecule has 3 nitrogen and oxygen atoms in total. The van der Waals surface area contributed by atoms with Crippen molar-refractivity contribution < 1.29 is 5.11 Å². The average Bonchev–Trinajstić information content (AvgIpc) is 1.98. The summed E-state index contributed by atoms with van der Waals surface area (Å²) in [5.41, 5.74) is 0. The second-order valence-electron chi connectivity index (χ2n) is 4.85. The maximum Gasteiger partial charge on any atom is 0.0791 e. The summed E-state index contributed by atoms with van der Waals surface area (Å²) >= 11 is 0. The fourth-order valence-electron chi connectivity index (χ4n) is 1.61. The summed E-state index contributed by atoms with van der Waals surface area (Å²) in [5.74, 6) is 0.712. The lowest BCUT2D eigenvalue weighted by atomic mass is 10.1. The van der Waals surface area contributed by atoms with E-state index < -0.39 is 0 Å². The van der Waals surface area contributed by atoms with Crippen LogP contribution in [0.2, 0.25) is 0 Å². The van der Waals surface area contributed by atoms with Crippen LogP contribution in [0, 0.1) is 5.92 Å². The third-order valence-electron chi connectivity index (χ3n) is 2.10. The first-order valence-electron chi connectivity index (χ1n) is 5.48. The summed E-state index contributed by atoms with van der Waals surface area (Å²) in [4.78, 5) is 2.00. The third-order valence-corrected chi connectivity index (χ3v) is 2.10. The Bertz CT molecular complexity index is 121. The topological polar surface area (TPSA) is 35.5 Å². The molecule has 0 saturated heterocycles. The lowest BCUT2D eigenvalue weighted by Gasteiger charge is -2.20. The standard InChI is InChI=1S/C11H26N2O/c1-9(2)6-10(3)12-7-11(14)8-13(4)5/h9-12,14H,6-8H2,1-5H3. The Balaban J connectivity index is 3.50. The van der Waals surface area contributed by atoms with Crippen molar-refractivity contribution in [2.24, 2.45) is 5.92 Å². The number of hydrogen-bond acceptors (Lipinski definition) is 3. The maximum absolute atomic E-state index is 9.60. The zero-order valence-corrected chi connectivity index (χ0v) is 10.2. The van der Waals surface area contributed by atoms with Crippen LogP contribution in [0.1, 0.15) is 27.2 Å². The van der Waals surface area contributed by atoms with E-state index in [0.717, 1.165) is 13.0 Å². The van der Waals surface area contributed by atoms with Gasteiger partial charge in [-0.3, -0.25) is 0 Å². The summed E-state index contributed by atoms with van der Waals surface area (Å²) in [6.07, 6.45) is 0.897. The largest absolute Gasteiger partial charge is 0.390 e. The molecule has 0 aromatic rings. The molecule has 0 spiro atoms. The van der Waals surface area contributed by atoms with Crippen molar-refractivity contribution in [2.45, 2.75) is 39.3 Å². The van der Waals surface area contributed by atoms with Crippen molar-refractivity contribution in [1.29, 1.82) is 0 Å². The minimum absolute atomic E-state index is 0.264. The lowest BCUT2D eigenvalue weighted by molar-refractivity contribution is 0.131. The molecule has 0 saturated carbocycles. The Morgan fingerprint density at radius 3 is 2.21 bits per heavy atom. The number of likely N-dealkylation sites (N-methyl/N-ethyl adjacent to an activating group) is 1. The molecule has 0 bridgehead atoms. The van der Waals surface area contributed by atoms with Gasteiger partial charge in [0.25, 0.3) is 0 Å². The SMILES string of the molecule is CC(C)CC(C)NCC(O)CN(C)C. The molecular formula is C11H26N2O. The highest BCUT2D eigenvalue weighted by Crippen LogP contribution is 2.03. The van der Waals surface area contributed by atoms with Crippen molar-refractivity contribution in [3.63, 3.8) is 0 Å². The van der Waals surface area contributed by atoms with Crippen LogP contribution in [0.4, 0.5) is 0 Å². The minimum atomic E-state index is -0.264. The van der Waals surface area contributed by atoms with Crippen molar-refractivity contribution in [2.75, 3.05) is 27.2 Å². The van der Waals surface area contributed by atoms with E-state index in [2.05, 4.69) is 26.1 Å². The van der Waals surface area contributed by atoms with Crippen molar-refractivity contribution >= 4 is 0 Å². The summed E-state index contributed by atoms with van der Waals surface area (Å²) in [6, 6.07) is 0.492. The van der Waals surface area contributed by atoms with Gasteiger partial charge in [-0.05, 0) is 33.4 Å². The molecule has 0 heterocycles. The fourth-order valence-corrected chi connectivity index (χ4v) is 1.61. The number of nitrogens with zero attached hydrogens (tertiary/aromatic N) is 1. The van der Waals surface area contributed by atoms with Gasteiger partial charge in [0.15, 0.2) is 0 Å². The van der Waals surface area contributed by atoms with E-state index >= 15 is 0 Å². The second-order valence-corrected chi connectivity index (χ2v) is 4.85. The van der Waals surface area contributed by atoms with Gasteiger partial charge in [0.05, 0.1) is 6.10 Å². The molecule has 2 unspecified atom stereocenters. The fraction of sp³-hybridized carbons (Fsp3) is 1.00. The van der Waals surface area contributed by atoms with Crippen LogP contribution < -0.4 is 5.32 Å². The minimum Gasteiger partial charge on any atom is -0.390 e. The highest BCUT2D eigenvalue weighted by Gasteiger charge is 2.08. The smallest absolute Gasteiger partial charge is 0.0791 e. The Morgan fingerprint density at radius 1 is 1.21 bits per heavy atom. The molecule has 0 aliphatic heterocycles. The van der Waals surface area contributed by atoms with Crippen LogP contribution in [0.5, 0.6) is 0 Å². The Hall–Kier alpha value is -0.120. The van der Waals surface area contributed by atoms with Crippen LogP contribution >= 0.6 is 0 Å². The monoisotopic (exact) mass is 202 g/mol. The second kappa shape index (κ2) is 7.21. The Labute approximate surface area is 88.5 Å². The molecule has 0 radical (unpaired) electrons. The van der Waals surface area contributed by atoms with Gasteiger partial charge in [-0.2, -0.15) is 0 Å². The van der Waals surface area contributed by atoms with Crippen LogP contribution in [-0.4, -0.2) is 49.3 Å². The lowest BCUT2D eigenvalue weighted by Crippen LogP contribution is -2.39. The molecule has 0 aliphatic rings. The Morgan fingerprint density at radius 2 is 1.79 bits per heavy atom. The van der Waals surface area contributed by atoms with E-state index in [1.54, 1.807) is 0 Å². The highest BCUT2D eigenvalue weighted by atomic mass is 16.3. The van der Waals surface area contributed by atoms with Gasteiger partial charge < -0.3 is 15.3 Å². The molecule has 3 heteroatoms. The Kier molecular flexibility index (Phi) is 7.15. The summed E-state index contributed by atoms with van der Waals surface area (Å²) in [5, 5.41) is 12.9. The van der Waals surface area contributed by atoms with Crippen molar-refractivity contribution in [3.8, 4) is 0 Å². The van der Waals surface area contributed by atoms with E-state index in [-0.39, 0.29) is 6.10 Å². The average molecular weight is 202 g/mol. The summed E-state index contributed by atoms with van der Waals surface area (Å²) in [7, 11) is 3.95. The molecule has 0 amide bonds. The number of aliphatic hydroxyl groups is 1. The van der Waals surface area contributed by atoms with Gasteiger partial charge in [0.2, 0.25) is 0 Å². The molecular weight excluding hydrogens is 176 g/mol. The van der Waals surface area contributed by atoms with Gasteiger partial charge in [-0.25, -0.2) is 0 Å². The predicted molar refractivity (Wildman–Crippen MR) is 61.5 cm³/mol. The molecule has 0 aliphatic carbocycles. The van der Waals surface area contributed by atoms with E-state index in [1.165, 1.54) is 0 Å². The molecule has 86 valence electrons. The third kappa shape index (κ3) is 8.48. The molecule has 2 N–H and O–H groups in total. The number of hydrogen-bond donors (Lipinski definition) is 2. The van der Waals surface area contributed by atoms with E-state index in [0.29, 0.717) is 18.5 Å². The van der Waals surface area contributed by atoms with Crippen LogP contribution in [0.3, 0.4) is 0 Å². The van der Waals surface area contributed by atoms with Gasteiger partial charge in [0.1, 0.15) is 0 Å². The molecule has 0 fully saturated rings.